The van der Waals surface area contributed by atoms with Crippen LogP contribution < -0.4 is 19.1 Å². The van der Waals surface area contributed by atoms with Gasteiger partial charge < -0.3 is 19.3 Å². The molecule has 2 aliphatic rings. The minimum Gasteiger partial charge on any atom is -0.507 e. The molecule has 42 heavy (non-hydrogen) atoms. The van der Waals surface area contributed by atoms with Crippen LogP contribution in [0.5, 0.6) is 17.2 Å². The van der Waals surface area contributed by atoms with Gasteiger partial charge in [0.25, 0.3) is 5.78 Å². The van der Waals surface area contributed by atoms with E-state index in [1.165, 1.54) is 28.0 Å². The van der Waals surface area contributed by atoms with Crippen molar-refractivity contribution in [2.24, 2.45) is 0 Å². The van der Waals surface area contributed by atoms with E-state index >= 15 is 0 Å². The molecule has 1 aromatic heterocycles. The molecule has 9 nitrogen and oxygen atoms in total. The number of fused-ring (bicyclic) bond motifs is 1. The highest BCUT2D eigenvalue weighted by Crippen LogP contribution is 2.45. The van der Waals surface area contributed by atoms with E-state index in [1.807, 2.05) is 31.2 Å². The first-order chi connectivity index (χ1) is 20.4. The largest absolute Gasteiger partial charge is 0.507 e. The van der Waals surface area contributed by atoms with Gasteiger partial charge in [-0.25, -0.2) is 0 Å². The van der Waals surface area contributed by atoms with Crippen molar-refractivity contribution in [1.82, 2.24) is 10.2 Å². The Hall–Kier alpha value is -4.06. The molecule has 1 fully saturated rings. The molecule has 6 rings (SSSR count). The van der Waals surface area contributed by atoms with Gasteiger partial charge in [0, 0.05) is 16.3 Å². The van der Waals surface area contributed by atoms with Gasteiger partial charge in [-0.15, -0.1) is 10.2 Å². The number of hydrogen-bond donors (Lipinski definition) is 1. The summed E-state index contributed by atoms with van der Waals surface area (Å²) in [5, 5.41) is 21.0. The fraction of sp³-hybridized carbons (Fsp3) is 0.200. The third kappa shape index (κ3) is 5.55. The predicted molar refractivity (Wildman–Crippen MR) is 161 cm³/mol. The summed E-state index contributed by atoms with van der Waals surface area (Å²) >= 11 is 8.64. The monoisotopic (exact) mass is 621 g/mol. The molecule has 1 atom stereocenters. The number of carbonyl (C=O) groups is 2. The van der Waals surface area contributed by atoms with Crippen LogP contribution in [-0.4, -0.2) is 46.8 Å². The molecular weight excluding hydrogens is 598 g/mol. The average Bonchev–Trinajstić information content (AvgIpc) is 3.58. The number of halogens is 1. The lowest BCUT2D eigenvalue weighted by Gasteiger charge is -2.23. The zero-order valence-corrected chi connectivity index (χ0v) is 24.7. The topological polar surface area (TPSA) is 111 Å². The van der Waals surface area contributed by atoms with E-state index < -0.39 is 17.7 Å². The van der Waals surface area contributed by atoms with Crippen molar-refractivity contribution < 1.29 is 28.9 Å². The summed E-state index contributed by atoms with van der Waals surface area (Å²) in [6.45, 7) is 3.08. The van der Waals surface area contributed by atoms with Gasteiger partial charge in [0.1, 0.15) is 24.7 Å². The highest BCUT2D eigenvalue weighted by Gasteiger charge is 2.48. The van der Waals surface area contributed by atoms with Gasteiger partial charge in [0.05, 0.1) is 18.2 Å². The van der Waals surface area contributed by atoms with Crippen LogP contribution in [0, 0.1) is 0 Å². The van der Waals surface area contributed by atoms with Crippen molar-refractivity contribution in [3.63, 3.8) is 0 Å². The number of nitrogens with zero attached hydrogens (tertiary/aromatic N) is 3. The molecule has 0 radical (unpaired) electrons. The molecule has 1 amide bonds. The second-order valence-corrected chi connectivity index (χ2v) is 11.9. The van der Waals surface area contributed by atoms with Gasteiger partial charge in [-0.3, -0.25) is 14.5 Å². The molecule has 0 bridgehead atoms. The number of amides is 1. The Labute approximate surface area is 254 Å². The maximum absolute atomic E-state index is 13.6. The number of ether oxygens (including phenoxy) is 3. The molecule has 3 heterocycles. The lowest BCUT2D eigenvalue weighted by atomic mass is 9.95. The first-order valence-corrected chi connectivity index (χ1v) is 15.3. The first-order valence-electron chi connectivity index (χ1n) is 13.1. The van der Waals surface area contributed by atoms with Crippen molar-refractivity contribution in [2.75, 3.05) is 24.7 Å². The Bertz CT molecular complexity index is 1690. The maximum atomic E-state index is 13.6. The third-order valence-electron chi connectivity index (χ3n) is 6.62. The molecule has 0 spiro atoms. The maximum Gasteiger partial charge on any atom is 0.301 e. The van der Waals surface area contributed by atoms with Crippen LogP contribution >= 0.6 is 34.7 Å². The van der Waals surface area contributed by atoms with Crippen molar-refractivity contribution in [1.29, 1.82) is 0 Å². The van der Waals surface area contributed by atoms with Crippen LogP contribution in [0.25, 0.3) is 5.76 Å². The number of carbonyl (C=O) groups excluding carboxylic acids is 2. The molecule has 1 N–H and O–H groups in total. The average molecular weight is 622 g/mol. The van der Waals surface area contributed by atoms with Crippen LogP contribution in [0.3, 0.4) is 0 Å². The summed E-state index contributed by atoms with van der Waals surface area (Å²) in [5.41, 5.74) is 1.87. The fourth-order valence-corrected chi connectivity index (χ4v) is 6.67. The summed E-state index contributed by atoms with van der Waals surface area (Å²) in [7, 11) is 0. The summed E-state index contributed by atoms with van der Waals surface area (Å²) < 4.78 is 17.6. The van der Waals surface area contributed by atoms with Gasteiger partial charge in [0.15, 0.2) is 15.8 Å². The highest BCUT2D eigenvalue weighted by molar-refractivity contribution is 8.00. The van der Waals surface area contributed by atoms with Crippen molar-refractivity contribution in [3.8, 4) is 17.2 Å². The summed E-state index contributed by atoms with van der Waals surface area (Å²) in [5.74, 6) is 0.190. The molecule has 12 heteroatoms. The molecule has 0 saturated carbocycles. The van der Waals surface area contributed by atoms with Crippen molar-refractivity contribution >= 4 is 57.3 Å². The Morgan fingerprint density at radius 3 is 2.64 bits per heavy atom. The number of Topliss-reactive ketones (excluding diaryl/α,β-unsaturated/α-hetero) is 1. The van der Waals surface area contributed by atoms with Crippen LogP contribution in [-0.2, 0) is 15.3 Å². The summed E-state index contributed by atoms with van der Waals surface area (Å²) in [4.78, 5) is 28.4. The minimum atomic E-state index is -0.972. The van der Waals surface area contributed by atoms with E-state index in [4.69, 9.17) is 25.8 Å². The molecule has 4 aromatic rings. The second kappa shape index (κ2) is 12.0. The molecule has 3 aromatic carbocycles. The molecule has 0 aliphatic carbocycles. The number of benzene rings is 3. The van der Waals surface area contributed by atoms with E-state index in [-0.39, 0.29) is 16.5 Å². The smallest absolute Gasteiger partial charge is 0.301 e. The van der Waals surface area contributed by atoms with E-state index in [2.05, 4.69) is 10.2 Å². The van der Waals surface area contributed by atoms with E-state index in [0.29, 0.717) is 63.3 Å². The molecule has 0 unspecified atom stereocenters. The van der Waals surface area contributed by atoms with E-state index in [1.54, 1.807) is 42.5 Å². The Morgan fingerprint density at radius 2 is 1.86 bits per heavy atom. The Morgan fingerprint density at radius 1 is 1.07 bits per heavy atom. The van der Waals surface area contributed by atoms with Crippen LogP contribution in [0.1, 0.15) is 29.7 Å². The zero-order valence-electron chi connectivity index (χ0n) is 22.3. The molecule has 214 valence electrons. The van der Waals surface area contributed by atoms with Crippen LogP contribution in [0.4, 0.5) is 5.13 Å². The number of hydrogen-bond acceptors (Lipinski definition) is 10. The summed E-state index contributed by atoms with van der Waals surface area (Å²) in [6, 6.07) is 18.5. The van der Waals surface area contributed by atoms with Gasteiger partial charge in [-0.1, -0.05) is 59.0 Å². The number of thioether (sulfide) groups is 1. The lowest BCUT2D eigenvalue weighted by molar-refractivity contribution is -0.132. The van der Waals surface area contributed by atoms with Gasteiger partial charge in [0.2, 0.25) is 5.13 Å². The molecule has 2 aliphatic heterocycles. The van der Waals surface area contributed by atoms with E-state index in [0.717, 1.165) is 5.56 Å². The summed E-state index contributed by atoms with van der Waals surface area (Å²) in [6.07, 6.45) is 0. The van der Waals surface area contributed by atoms with Crippen molar-refractivity contribution in [2.45, 2.75) is 23.1 Å². The first kappa shape index (κ1) is 28.1. The van der Waals surface area contributed by atoms with Gasteiger partial charge in [-0.05, 0) is 60.5 Å². The fourth-order valence-electron chi connectivity index (χ4n) is 4.72. The third-order valence-corrected chi connectivity index (χ3v) is 9.00. The number of aliphatic hydroxyl groups excluding tert-OH is 1. The number of aliphatic hydroxyl groups is 1. The SMILES string of the molecule is CCOc1cccc([C@H]2C(=C(O)c3ccc4c(c3)OCCO4)C(=O)C(=O)N2c2nnc(SCc3ccc(Cl)cc3)s2)c1. The van der Waals surface area contributed by atoms with Gasteiger partial charge in [-0.2, -0.15) is 0 Å². The minimum absolute atomic E-state index is 0.0732. The number of anilines is 1. The predicted octanol–water partition coefficient (Wildman–Crippen LogP) is 6.28. The second-order valence-electron chi connectivity index (χ2n) is 9.30. The lowest BCUT2D eigenvalue weighted by Crippen LogP contribution is -2.29. The number of rotatable bonds is 8. The molecular formula is C30H24ClN3O6S2. The zero-order chi connectivity index (χ0) is 29.2. The Balaban J connectivity index is 1.39. The van der Waals surface area contributed by atoms with Gasteiger partial charge >= 0.3 is 5.91 Å². The van der Waals surface area contributed by atoms with E-state index in [9.17, 15) is 14.7 Å². The van der Waals surface area contributed by atoms with Crippen LogP contribution in [0.2, 0.25) is 5.02 Å². The normalized spacial score (nSPS) is 17.5. The molecule has 1 saturated heterocycles. The van der Waals surface area contributed by atoms with Crippen LogP contribution in [0.15, 0.2) is 76.6 Å². The number of aromatic nitrogens is 2. The highest BCUT2D eigenvalue weighted by atomic mass is 35.5. The quantitative estimate of drug-likeness (QED) is 0.0799. The Kier molecular flexibility index (Phi) is 8.05. The number of ketones is 1. The standard InChI is InChI=1S/C30H24ClN3O6S2/c1-2-38-21-5-3-4-18(14-21)25-24(26(35)19-8-11-22-23(15-19)40-13-12-39-22)27(36)28(37)34(25)29-32-33-30(42-29)41-16-17-6-9-20(31)10-7-17/h3-11,14-15,25,35H,2,12-13,16H2,1H3/t25-/m0/s1. The van der Waals surface area contributed by atoms with Crippen molar-refractivity contribution in [3.05, 3.63) is 94.0 Å².